The summed E-state index contributed by atoms with van der Waals surface area (Å²) in [6, 6.07) is 9.30. The Hall–Kier alpha value is -2.21. The first-order valence-electron chi connectivity index (χ1n) is 5.71. The molecule has 2 rings (SSSR count). The summed E-state index contributed by atoms with van der Waals surface area (Å²) in [5.74, 6) is -0.555. The van der Waals surface area contributed by atoms with Gasteiger partial charge in [-0.2, -0.15) is 5.26 Å². The van der Waals surface area contributed by atoms with Gasteiger partial charge in [-0.25, -0.2) is 9.37 Å². The fraction of sp³-hybridized carbons (Fsp3) is 0.200. The van der Waals surface area contributed by atoms with Gasteiger partial charge >= 0.3 is 0 Å². The van der Waals surface area contributed by atoms with Crippen molar-refractivity contribution in [3.05, 3.63) is 64.2 Å². The average Bonchev–Trinajstić information content (AvgIpc) is 2.34. The van der Waals surface area contributed by atoms with E-state index in [-0.39, 0.29) is 5.69 Å². The van der Waals surface area contributed by atoms with Gasteiger partial charge in [0.05, 0.1) is 0 Å². The van der Waals surface area contributed by atoms with Crippen LogP contribution in [-0.2, 0) is 6.42 Å². The van der Waals surface area contributed by atoms with Gasteiger partial charge in [0, 0.05) is 6.20 Å². The third-order valence-corrected chi connectivity index (χ3v) is 2.90. The number of pyridine rings is 1. The summed E-state index contributed by atoms with van der Waals surface area (Å²) < 4.78 is 13.4. The smallest absolute Gasteiger partial charge is 0.176 e. The molecule has 1 heterocycles. The molecule has 2 nitrogen and oxygen atoms in total. The second kappa shape index (κ2) is 4.97. The topological polar surface area (TPSA) is 36.7 Å². The van der Waals surface area contributed by atoms with Gasteiger partial charge in [0.25, 0.3) is 0 Å². The second-order valence-corrected chi connectivity index (χ2v) is 4.39. The molecule has 0 atom stereocenters. The van der Waals surface area contributed by atoms with Crippen molar-refractivity contribution < 1.29 is 4.39 Å². The Morgan fingerprint density at radius 1 is 1.28 bits per heavy atom. The number of rotatable bonds is 2. The van der Waals surface area contributed by atoms with Crippen LogP contribution >= 0.6 is 0 Å². The van der Waals surface area contributed by atoms with E-state index in [1.54, 1.807) is 12.3 Å². The summed E-state index contributed by atoms with van der Waals surface area (Å²) in [5, 5.41) is 8.63. The Kier molecular flexibility index (Phi) is 3.38. The van der Waals surface area contributed by atoms with Gasteiger partial charge in [-0.05, 0) is 43.0 Å². The highest BCUT2D eigenvalue weighted by Gasteiger charge is 2.06. The number of nitrogens with zero attached hydrogens (tertiary/aromatic N) is 2. The molecule has 0 amide bonds. The summed E-state index contributed by atoms with van der Waals surface area (Å²) in [4.78, 5) is 3.81. The normalized spacial score (nSPS) is 10.1. The van der Waals surface area contributed by atoms with Crippen LogP contribution in [0.15, 0.2) is 30.5 Å². The van der Waals surface area contributed by atoms with Gasteiger partial charge < -0.3 is 0 Å². The fourth-order valence-corrected chi connectivity index (χ4v) is 1.87. The van der Waals surface area contributed by atoms with Crippen molar-refractivity contribution in [2.24, 2.45) is 0 Å². The summed E-state index contributed by atoms with van der Waals surface area (Å²) in [6.07, 6.45) is 2.19. The average molecular weight is 240 g/mol. The summed E-state index contributed by atoms with van der Waals surface area (Å²) in [7, 11) is 0. The lowest BCUT2D eigenvalue weighted by molar-refractivity contribution is 0.614. The van der Waals surface area contributed by atoms with E-state index in [0.29, 0.717) is 6.42 Å². The van der Waals surface area contributed by atoms with Crippen molar-refractivity contribution in [2.45, 2.75) is 20.3 Å². The number of hydrogen-bond donors (Lipinski definition) is 0. The minimum atomic E-state index is -0.555. The second-order valence-electron chi connectivity index (χ2n) is 4.39. The maximum atomic E-state index is 13.4. The standard InChI is InChI=1S/C15H13FN2/c1-10-3-4-11(2)13(5-10)6-12-7-14(16)15(8-17)18-9-12/h3-5,7,9H,6H2,1-2H3. The van der Waals surface area contributed by atoms with E-state index < -0.39 is 5.82 Å². The molecule has 0 spiro atoms. The third-order valence-electron chi connectivity index (χ3n) is 2.90. The third kappa shape index (κ3) is 2.54. The van der Waals surface area contributed by atoms with Crippen molar-refractivity contribution in [3.8, 4) is 6.07 Å². The van der Waals surface area contributed by atoms with Crippen LogP contribution in [0, 0.1) is 31.0 Å². The summed E-state index contributed by atoms with van der Waals surface area (Å²) in [5.41, 5.74) is 4.13. The molecule has 0 bridgehead atoms. The molecule has 0 aliphatic carbocycles. The van der Waals surface area contributed by atoms with Crippen molar-refractivity contribution >= 4 is 0 Å². The van der Waals surface area contributed by atoms with Crippen molar-refractivity contribution in [3.63, 3.8) is 0 Å². The summed E-state index contributed by atoms with van der Waals surface area (Å²) in [6.45, 7) is 4.06. The minimum absolute atomic E-state index is 0.153. The highest BCUT2D eigenvalue weighted by atomic mass is 19.1. The van der Waals surface area contributed by atoms with E-state index in [1.165, 1.54) is 17.2 Å². The van der Waals surface area contributed by atoms with E-state index in [1.807, 2.05) is 13.8 Å². The number of nitriles is 1. The first kappa shape index (κ1) is 12.3. The van der Waals surface area contributed by atoms with Crippen LogP contribution in [-0.4, -0.2) is 4.98 Å². The maximum Gasteiger partial charge on any atom is 0.176 e. The predicted octanol–water partition coefficient (Wildman–Crippen LogP) is 3.30. The molecule has 0 unspecified atom stereocenters. The molecular weight excluding hydrogens is 227 g/mol. The highest BCUT2D eigenvalue weighted by Crippen LogP contribution is 2.16. The monoisotopic (exact) mass is 240 g/mol. The lowest BCUT2D eigenvalue weighted by atomic mass is 9.99. The Morgan fingerprint density at radius 2 is 2.06 bits per heavy atom. The molecule has 0 N–H and O–H groups in total. The maximum absolute atomic E-state index is 13.4. The number of aromatic nitrogens is 1. The minimum Gasteiger partial charge on any atom is -0.242 e. The lowest BCUT2D eigenvalue weighted by Crippen LogP contribution is -1.97. The number of aryl methyl sites for hydroxylation is 2. The molecule has 1 aromatic carbocycles. The molecular formula is C15H13FN2. The first-order chi connectivity index (χ1) is 8.60. The zero-order valence-electron chi connectivity index (χ0n) is 10.4. The van der Waals surface area contributed by atoms with Crippen LogP contribution in [0.25, 0.3) is 0 Å². The van der Waals surface area contributed by atoms with Crippen LogP contribution < -0.4 is 0 Å². The van der Waals surface area contributed by atoms with Gasteiger partial charge in [-0.1, -0.05) is 23.8 Å². The molecule has 90 valence electrons. The van der Waals surface area contributed by atoms with Crippen LogP contribution in [0.1, 0.15) is 27.9 Å². The van der Waals surface area contributed by atoms with E-state index in [0.717, 1.165) is 11.1 Å². The number of halogens is 1. The molecule has 0 saturated heterocycles. The quantitative estimate of drug-likeness (QED) is 0.807. The first-order valence-corrected chi connectivity index (χ1v) is 5.71. The van der Waals surface area contributed by atoms with E-state index in [9.17, 15) is 4.39 Å². The van der Waals surface area contributed by atoms with Gasteiger partial charge in [0.2, 0.25) is 0 Å². The highest BCUT2D eigenvalue weighted by molar-refractivity contribution is 5.35. The molecule has 0 fully saturated rings. The Morgan fingerprint density at radius 3 is 2.72 bits per heavy atom. The zero-order valence-corrected chi connectivity index (χ0v) is 10.4. The Balaban J connectivity index is 2.32. The number of hydrogen-bond acceptors (Lipinski definition) is 2. The van der Waals surface area contributed by atoms with E-state index in [4.69, 9.17) is 5.26 Å². The van der Waals surface area contributed by atoms with Crippen LogP contribution in [0.4, 0.5) is 4.39 Å². The SMILES string of the molecule is Cc1ccc(C)c(Cc2cnc(C#N)c(F)c2)c1. The lowest BCUT2D eigenvalue weighted by Gasteiger charge is -2.07. The van der Waals surface area contributed by atoms with Gasteiger partial charge in [-0.3, -0.25) is 0 Å². The molecule has 1 aromatic heterocycles. The van der Waals surface area contributed by atoms with Crippen molar-refractivity contribution in [1.29, 1.82) is 5.26 Å². The summed E-state index contributed by atoms with van der Waals surface area (Å²) >= 11 is 0. The van der Waals surface area contributed by atoms with Crippen LogP contribution in [0.3, 0.4) is 0 Å². The van der Waals surface area contributed by atoms with Crippen molar-refractivity contribution in [1.82, 2.24) is 4.98 Å². The van der Waals surface area contributed by atoms with E-state index >= 15 is 0 Å². The van der Waals surface area contributed by atoms with E-state index in [2.05, 4.69) is 23.2 Å². The molecule has 0 saturated carbocycles. The van der Waals surface area contributed by atoms with Crippen LogP contribution in [0.5, 0.6) is 0 Å². The Bertz CT molecular complexity index is 627. The molecule has 2 aromatic rings. The fourth-order valence-electron chi connectivity index (χ4n) is 1.87. The molecule has 0 radical (unpaired) electrons. The zero-order chi connectivity index (χ0) is 13.1. The Labute approximate surface area is 106 Å². The molecule has 0 aliphatic rings. The number of benzene rings is 1. The molecule has 3 heteroatoms. The van der Waals surface area contributed by atoms with Gasteiger partial charge in [-0.15, -0.1) is 0 Å². The van der Waals surface area contributed by atoms with Crippen LogP contribution in [0.2, 0.25) is 0 Å². The molecule has 18 heavy (non-hydrogen) atoms. The molecule has 0 aliphatic heterocycles. The van der Waals surface area contributed by atoms with Gasteiger partial charge in [0.15, 0.2) is 11.5 Å². The predicted molar refractivity (Wildman–Crippen MR) is 67.6 cm³/mol. The van der Waals surface area contributed by atoms with Gasteiger partial charge in [0.1, 0.15) is 6.07 Å². The van der Waals surface area contributed by atoms with Crippen molar-refractivity contribution in [2.75, 3.05) is 0 Å². The largest absolute Gasteiger partial charge is 0.242 e.